The molecule has 1 aliphatic heterocycles. The fourth-order valence-electron chi connectivity index (χ4n) is 3.46. The first-order valence-corrected chi connectivity index (χ1v) is 11.1. The first-order valence-electron chi connectivity index (χ1n) is 9.58. The number of methoxy groups -OCH3 is 1. The van der Waals surface area contributed by atoms with Crippen molar-refractivity contribution in [2.75, 3.05) is 12.4 Å². The average Bonchev–Trinajstić information content (AvgIpc) is 3.26. The fraction of sp³-hybridized carbons (Fsp3) is 0.273. The minimum Gasteiger partial charge on any atom is -0.497 e. The molecule has 7 heteroatoms. The molecule has 150 valence electrons. The molecule has 2 heterocycles. The summed E-state index contributed by atoms with van der Waals surface area (Å²) in [5.41, 5.74) is 3.71. The van der Waals surface area contributed by atoms with Gasteiger partial charge in [-0.3, -0.25) is 9.00 Å². The number of rotatable bonds is 7. The number of amides is 1. The molecule has 4 rings (SSSR count). The van der Waals surface area contributed by atoms with Crippen molar-refractivity contribution in [2.24, 2.45) is 0 Å². The van der Waals surface area contributed by atoms with Crippen LogP contribution in [0.4, 0.5) is 5.82 Å². The fourth-order valence-corrected chi connectivity index (χ4v) is 4.72. The van der Waals surface area contributed by atoms with Gasteiger partial charge in [-0.05, 0) is 42.7 Å². The molecule has 0 radical (unpaired) electrons. The van der Waals surface area contributed by atoms with Crippen LogP contribution in [-0.2, 0) is 33.5 Å². The molecule has 0 spiro atoms. The van der Waals surface area contributed by atoms with E-state index in [9.17, 15) is 9.00 Å². The minimum absolute atomic E-state index is 0.0592. The standard InChI is InChI=1S/C22H23N3O3S/c1-28-18-12-10-17(11-13-18)25-22(19-14-29(27)15-20(19)24-25)23-21(26)9-5-8-16-6-3-2-4-7-16/h2-4,6-7,10-13H,5,8-9,14-15H2,1H3,(H,23,26). The van der Waals surface area contributed by atoms with Gasteiger partial charge in [-0.15, -0.1) is 0 Å². The van der Waals surface area contributed by atoms with Gasteiger partial charge in [0.2, 0.25) is 5.91 Å². The Bertz CT molecular complexity index is 1030. The van der Waals surface area contributed by atoms with Gasteiger partial charge in [-0.1, -0.05) is 30.3 Å². The number of hydrogen-bond donors (Lipinski definition) is 1. The zero-order valence-corrected chi connectivity index (χ0v) is 17.1. The lowest BCUT2D eigenvalue weighted by atomic mass is 10.1. The third-order valence-electron chi connectivity index (χ3n) is 4.96. The Morgan fingerprint density at radius 1 is 1.14 bits per heavy atom. The minimum atomic E-state index is -0.960. The molecule has 0 aliphatic carbocycles. The van der Waals surface area contributed by atoms with Gasteiger partial charge in [0.15, 0.2) is 0 Å². The van der Waals surface area contributed by atoms with Crippen LogP contribution in [-0.4, -0.2) is 27.0 Å². The molecule has 0 saturated heterocycles. The van der Waals surface area contributed by atoms with E-state index in [1.807, 2.05) is 42.5 Å². The number of carbonyl (C=O) groups excluding carboxylic acids is 1. The maximum atomic E-state index is 12.6. The molecule has 0 saturated carbocycles. The van der Waals surface area contributed by atoms with Crippen molar-refractivity contribution >= 4 is 22.5 Å². The number of ether oxygens (including phenoxy) is 1. The summed E-state index contributed by atoms with van der Waals surface area (Å²) in [6.07, 6.45) is 2.04. The Morgan fingerprint density at radius 2 is 1.90 bits per heavy atom. The summed E-state index contributed by atoms with van der Waals surface area (Å²) in [5.74, 6) is 2.17. The second-order valence-electron chi connectivity index (χ2n) is 7.00. The van der Waals surface area contributed by atoms with Gasteiger partial charge in [-0.25, -0.2) is 4.68 Å². The summed E-state index contributed by atoms with van der Waals surface area (Å²) in [6.45, 7) is 0. The molecule has 1 unspecified atom stereocenters. The summed E-state index contributed by atoms with van der Waals surface area (Å²) < 4.78 is 18.9. The van der Waals surface area contributed by atoms with Crippen LogP contribution in [0.1, 0.15) is 29.7 Å². The molecule has 1 aromatic heterocycles. The topological polar surface area (TPSA) is 73.2 Å². The van der Waals surface area contributed by atoms with Crippen LogP contribution >= 0.6 is 0 Å². The van der Waals surface area contributed by atoms with Gasteiger partial charge in [0, 0.05) is 22.8 Å². The SMILES string of the molecule is COc1ccc(-n2nc3c(c2NC(=O)CCCc2ccccc2)CS(=O)C3)cc1. The van der Waals surface area contributed by atoms with Gasteiger partial charge >= 0.3 is 0 Å². The summed E-state index contributed by atoms with van der Waals surface area (Å²) in [7, 11) is 0.658. The van der Waals surface area contributed by atoms with E-state index < -0.39 is 10.8 Å². The Kier molecular flexibility index (Phi) is 5.76. The maximum absolute atomic E-state index is 12.6. The van der Waals surface area contributed by atoms with Crippen LogP contribution in [0.15, 0.2) is 54.6 Å². The number of fused-ring (bicyclic) bond motifs is 1. The van der Waals surface area contributed by atoms with E-state index in [2.05, 4.69) is 22.5 Å². The first-order chi connectivity index (χ1) is 14.1. The van der Waals surface area contributed by atoms with Gasteiger partial charge in [-0.2, -0.15) is 5.10 Å². The lowest BCUT2D eigenvalue weighted by Crippen LogP contribution is -2.16. The van der Waals surface area contributed by atoms with Crippen molar-refractivity contribution < 1.29 is 13.7 Å². The number of aryl methyl sites for hydroxylation is 1. The Labute approximate surface area is 172 Å². The van der Waals surface area contributed by atoms with E-state index in [1.54, 1.807) is 11.8 Å². The van der Waals surface area contributed by atoms with Crippen LogP contribution in [0.5, 0.6) is 5.75 Å². The van der Waals surface area contributed by atoms with Crippen molar-refractivity contribution in [3.63, 3.8) is 0 Å². The lowest BCUT2D eigenvalue weighted by Gasteiger charge is -2.11. The molecule has 0 bridgehead atoms. The number of hydrogen-bond acceptors (Lipinski definition) is 4. The molecule has 1 N–H and O–H groups in total. The van der Waals surface area contributed by atoms with Crippen molar-refractivity contribution in [2.45, 2.75) is 30.8 Å². The van der Waals surface area contributed by atoms with Crippen molar-refractivity contribution in [3.8, 4) is 11.4 Å². The van der Waals surface area contributed by atoms with Gasteiger partial charge in [0.05, 0.1) is 30.0 Å². The summed E-state index contributed by atoms with van der Waals surface area (Å²) in [4.78, 5) is 12.6. The molecular weight excluding hydrogens is 386 g/mol. The zero-order valence-electron chi connectivity index (χ0n) is 16.3. The molecule has 0 fully saturated rings. The first kappa shape index (κ1) is 19.4. The molecular formula is C22H23N3O3S. The van der Waals surface area contributed by atoms with Crippen molar-refractivity contribution in [1.29, 1.82) is 0 Å². The second kappa shape index (κ2) is 8.61. The number of aromatic nitrogens is 2. The van der Waals surface area contributed by atoms with Crippen molar-refractivity contribution in [1.82, 2.24) is 9.78 Å². The van der Waals surface area contributed by atoms with Crippen LogP contribution in [0, 0.1) is 0 Å². The van der Waals surface area contributed by atoms with E-state index in [0.29, 0.717) is 23.7 Å². The van der Waals surface area contributed by atoms with Crippen LogP contribution in [0.25, 0.3) is 5.69 Å². The third-order valence-corrected chi connectivity index (χ3v) is 6.16. The Hall–Kier alpha value is -2.93. The highest BCUT2D eigenvalue weighted by Gasteiger charge is 2.28. The zero-order chi connectivity index (χ0) is 20.2. The number of carbonyl (C=O) groups is 1. The van der Waals surface area contributed by atoms with E-state index in [1.165, 1.54) is 5.56 Å². The summed E-state index contributed by atoms with van der Waals surface area (Å²) >= 11 is 0. The van der Waals surface area contributed by atoms with E-state index in [0.717, 1.165) is 35.5 Å². The van der Waals surface area contributed by atoms with Gasteiger partial charge in [0.1, 0.15) is 11.6 Å². The van der Waals surface area contributed by atoms with E-state index in [4.69, 9.17) is 4.74 Å². The highest BCUT2D eigenvalue weighted by atomic mass is 32.2. The smallest absolute Gasteiger partial charge is 0.225 e. The number of benzene rings is 2. The molecule has 3 aromatic rings. The predicted octanol–water partition coefficient (Wildman–Crippen LogP) is 3.60. The van der Waals surface area contributed by atoms with Crippen LogP contribution < -0.4 is 10.1 Å². The number of anilines is 1. The molecule has 1 amide bonds. The molecule has 2 aromatic carbocycles. The molecule has 6 nitrogen and oxygen atoms in total. The van der Waals surface area contributed by atoms with Gasteiger partial charge < -0.3 is 10.1 Å². The summed E-state index contributed by atoms with van der Waals surface area (Å²) in [6, 6.07) is 17.6. The third kappa shape index (κ3) is 4.40. The number of nitrogens with zero attached hydrogens (tertiary/aromatic N) is 2. The highest BCUT2D eigenvalue weighted by molar-refractivity contribution is 7.83. The van der Waals surface area contributed by atoms with E-state index >= 15 is 0 Å². The van der Waals surface area contributed by atoms with Crippen molar-refractivity contribution in [3.05, 3.63) is 71.4 Å². The van der Waals surface area contributed by atoms with Crippen LogP contribution in [0.3, 0.4) is 0 Å². The highest BCUT2D eigenvalue weighted by Crippen LogP contribution is 2.31. The maximum Gasteiger partial charge on any atom is 0.225 e. The summed E-state index contributed by atoms with van der Waals surface area (Å²) in [5, 5.41) is 7.64. The monoisotopic (exact) mass is 409 g/mol. The quantitative estimate of drug-likeness (QED) is 0.647. The second-order valence-corrected chi connectivity index (χ2v) is 8.46. The Morgan fingerprint density at radius 3 is 2.62 bits per heavy atom. The number of nitrogens with one attached hydrogen (secondary N) is 1. The van der Waals surface area contributed by atoms with E-state index in [-0.39, 0.29) is 5.91 Å². The predicted molar refractivity (Wildman–Crippen MR) is 114 cm³/mol. The normalized spacial score (nSPS) is 15.1. The molecule has 29 heavy (non-hydrogen) atoms. The Balaban J connectivity index is 1.50. The van der Waals surface area contributed by atoms with Crippen LogP contribution in [0.2, 0.25) is 0 Å². The van der Waals surface area contributed by atoms with Gasteiger partial charge in [0.25, 0.3) is 0 Å². The largest absolute Gasteiger partial charge is 0.497 e. The molecule has 1 aliphatic rings. The lowest BCUT2D eigenvalue weighted by molar-refractivity contribution is -0.116. The average molecular weight is 410 g/mol. The molecule has 1 atom stereocenters.